The molecule has 21 heavy (non-hydrogen) atoms. The Morgan fingerprint density at radius 1 is 1.38 bits per heavy atom. The van der Waals surface area contributed by atoms with Crippen molar-refractivity contribution in [3.63, 3.8) is 0 Å². The van der Waals surface area contributed by atoms with Gasteiger partial charge < -0.3 is 4.74 Å². The lowest BCUT2D eigenvalue weighted by Crippen LogP contribution is -2.17. The Labute approximate surface area is 132 Å². The standard InChI is InChI=1S/C14H18ClN3O2S/c1-2-8-18-13(19)16-17-14(18)21-10-3-9-20-12-6-4-11(15)5-7-12/h4-7H,2-3,8-10H2,1H3,(H,16,19). The number of thioether (sulfide) groups is 1. The molecule has 0 saturated carbocycles. The number of H-pyrrole nitrogens is 1. The largest absolute Gasteiger partial charge is 0.494 e. The van der Waals surface area contributed by atoms with Crippen LogP contribution in [-0.2, 0) is 6.54 Å². The maximum Gasteiger partial charge on any atom is 0.343 e. The first-order valence-corrected chi connectivity index (χ1v) is 8.23. The summed E-state index contributed by atoms with van der Waals surface area (Å²) in [5.74, 6) is 1.66. The SMILES string of the molecule is CCCn1c(SCCCOc2ccc(Cl)cc2)n[nH]c1=O. The fourth-order valence-corrected chi connectivity index (χ4v) is 2.79. The van der Waals surface area contributed by atoms with Crippen molar-refractivity contribution in [1.29, 1.82) is 0 Å². The quantitative estimate of drug-likeness (QED) is 0.597. The minimum absolute atomic E-state index is 0.142. The van der Waals surface area contributed by atoms with Crippen LogP contribution >= 0.6 is 23.4 Å². The number of benzene rings is 1. The molecule has 7 heteroatoms. The molecule has 0 aliphatic rings. The lowest BCUT2D eigenvalue weighted by atomic mass is 10.3. The number of rotatable bonds is 8. The minimum Gasteiger partial charge on any atom is -0.494 e. The van der Waals surface area contributed by atoms with Crippen LogP contribution in [0, 0.1) is 0 Å². The van der Waals surface area contributed by atoms with E-state index in [1.165, 1.54) is 0 Å². The van der Waals surface area contributed by atoms with E-state index >= 15 is 0 Å². The van der Waals surface area contributed by atoms with Crippen molar-refractivity contribution in [2.24, 2.45) is 0 Å². The summed E-state index contributed by atoms with van der Waals surface area (Å²) >= 11 is 7.37. The molecule has 5 nitrogen and oxygen atoms in total. The number of nitrogens with zero attached hydrogens (tertiary/aromatic N) is 2. The number of halogens is 1. The predicted octanol–water partition coefficient (Wildman–Crippen LogP) is 3.20. The van der Waals surface area contributed by atoms with Crippen LogP contribution in [0.2, 0.25) is 5.02 Å². The molecule has 0 spiro atoms. The molecule has 114 valence electrons. The molecule has 0 atom stereocenters. The molecule has 0 aliphatic heterocycles. The van der Waals surface area contributed by atoms with Crippen molar-refractivity contribution in [2.75, 3.05) is 12.4 Å². The number of hydrogen-bond acceptors (Lipinski definition) is 4. The number of ether oxygens (including phenoxy) is 1. The molecular formula is C14H18ClN3O2S. The van der Waals surface area contributed by atoms with Crippen molar-refractivity contribution < 1.29 is 4.74 Å². The van der Waals surface area contributed by atoms with E-state index in [0.717, 1.165) is 29.5 Å². The Balaban J connectivity index is 1.72. The summed E-state index contributed by atoms with van der Waals surface area (Å²) in [6, 6.07) is 7.31. The molecule has 0 fully saturated rings. The second-order valence-corrected chi connectivity index (χ2v) is 5.97. The van der Waals surface area contributed by atoms with Crippen molar-refractivity contribution in [2.45, 2.75) is 31.5 Å². The fraction of sp³-hybridized carbons (Fsp3) is 0.429. The van der Waals surface area contributed by atoms with Gasteiger partial charge in [-0.05, 0) is 37.1 Å². The van der Waals surface area contributed by atoms with Crippen molar-refractivity contribution in [3.05, 3.63) is 39.8 Å². The summed E-state index contributed by atoms with van der Waals surface area (Å²) in [5.41, 5.74) is -0.142. The van der Waals surface area contributed by atoms with Gasteiger partial charge in [0, 0.05) is 17.3 Å². The van der Waals surface area contributed by atoms with Crippen LogP contribution < -0.4 is 10.4 Å². The van der Waals surface area contributed by atoms with Gasteiger partial charge in [0.25, 0.3) is 0 Å². The van der Waals surface area contributed by atoms with E-state index in [1.54, 1.807) is 28.5 Å². The van der Waals surface area contributed by atoms with Crippen molar-refractivity contribution in [3.8, 4) is 5.75 Å². The molecule has 1 aromatic heterocycles. The molecular weight excluding hydrogens is 310 g/mol. The lowest BCUT2D eigenvalue weighted by molar-refractivity contribution is 0.318. The Hall–Kier alpha value is -1.40. The van der Waals surface area contributed by atoms with Gasteiger partial charge in [0.05, 0.1) is 6.61 Å². The number of hydrogen-bond donors (Lipinski definition) is 1. The zero-order valence-electron chi connectivity index (χ0n) is 11.8. The van der Waals surface area contributed by atoms with Gasteiger partial charge >= 0.3 is 5.69 Å². The second kappa shape index (κ2) is 8.14. The van der Waals surface area contributed by atoms with Gasteiger partial charge in [-0.3, -0.25) is 4.57 Å². The van der Waals surface area contributed by atoms with Gasteiger partial charge in [0.1, 0.15) is 5.75 Å². The summed E-state index contributed by atoms with van der Waals surface area (Å²) in [4.78, 5) is 11.5. The zero-order chi connectivity index (χ0) is 15.1. The summed E-state index contributed by atoms with van der Waals surface area (Å²) < 4.78 is 7.28. The smallest absolute Gasteiger partial charge is 0.343 e. The molecule has 1 N–H and O–H groups in total. The first-order chi connectivity index (χ1) is 10.2. The molecule has 1 heterocycles. The fourth-order valence-electron chi connectivity index (χ4n) is 1.78. The number of aromatic nitrogens is 3. The van der Waals surface area contributed by atoms with Gasteiger partial charge in [-0.1, -0.05) is 30.3 Å². The average molecular weight is 328 g/mol. The highest BCUT2D eigenvalue weighted by molar-refractivity contribution is 7.99. The van der Waals surface area contributed by atoms with Crippen molar-refractivity contribution in [1.82, 2.24) is 14.8 Å². The van der Waals surface area contributed by atoms with E-state index in [4.69, 9.17) is 16.3 Å². The van der Waals surface area contributed by atoms with Crippen LogP contribution in [0.3, 0.4) is 0 Å². The molecule has 0 amide bonds. The normalized spacial score (nSPS) is 10.8. The van der Waals surface area contributed by atoms with Crippen LogP contribution in [0.5, 0.6) is 5.75 Å². The highest BCUT2D eigenvalue weighted by Crippen LogP contribution is 2.17. The maximum atomic E-state index is 11.5. The molecule has 0 radical (unpaired) electrons. The predicted molar refractivity (Wildman–Crippen MR) is 85.4 cm³/mol. The maximum absolute atomic E-state index is 11.5. The third-order valence-electron chi connectivity index (χ3n) is 2.77. The van der Waals surface area contributed by atoms with Gasteiger partial charge in [-0.2, -0.15) is 0 Å². The zero-order valence-corrected chi connectivity index (χ0v) is 13.4. The Morgan fingerprint density at radius 3 is 2.86 bits per heavy atom. The second-order valence-electron chi connectivity index (χ2n) is 4.47. The molecule has 0 saturated heterocycles. The van der Waals surface area contributed by atoms with Crippen LogP contribution in [0.15, 0.2) is 34.2 Å². The molecule has 0 bridgehead atoms. The van der Waals surface area contributed by atoms with E-state index in [0.29, 0.717) is 18.2 Å². The Kier molecular flexibility index (Phi) is 6.20. The monoisotopic (exact) mass is 327 g/mol. The van der Waals surface area contributed by atoms with Crippen LogP contribution in [0.4, 0.5) is 0 Å². The molecule has 2 aromatic rings. The van der Waals surface area contributed by atoms with E-state index in [2.05, 4.69) is 10.2 Å². The van der Waals surface area contributed by atoms with Gasteiger partial charge in [-0.25, -0.2) is 9.89 Å². The molecule has 0 aliphatic carbocycles. The van der Waals surface area contributed by atoms with Gasteiger partial charge in [0.15, 0.2) is 5.16 Å². The van der Waals surface area contributed by atoms with Gasteiger partial charge in [0.2, 0.25) is 0 Å². The highest BCUT2D eigenvalue weighted by atomic mass is 35.5. The minimum atomic E-state index is -0.142. The topological polar surface area (TPSA) is 59.9 Å². The first kappa shape index (κ1) is 16.0. The van der Waals surface area contributed by atoms with E-state index in [-0.39, 0.29) is 5.69 Å². The summed E-state index contributed by atoms with van der Waals surface area (Å²) in [5, 5.41) is 7.96. The average Bonchev–Trinajstić information content (AvgIpc) is 2.82. The summed E-state index contributed by atoms with van der Waals surface area (Å²) in [6.07, 6.45) is 1.78. The van der Waals surface area contributed by atoms with Crippen LogP contribution in [-0.4, -0.2) is 27.1 Å². The van der Waals surface area contributed by atoms with Crippen LogP contribution in [0.1, 0.15) is 19.8 Å². The molecule has 0 unspecified atom stereocenters. The Bertz CT molecular complexity index is 609. The summed E-state index contributed by atoms with van der Waals surface area (Å²) in [7, 11) is 0. The van der Waals surface area contributed by atoms with E-state index in [1.807, 2.05) is 19.1 Å². The van der Waals surface area contributed by atoms with E-state index < -0.39 is 0 Å². The van der Waals surface area contributed by atoms with Crippen LogP contribution in [0.25, 0.3) is 0 Å². The Morgan fingerprint density at radius 2 is 2.14 bits per heavy atom. The highest BCUT2D eigenvalue weighted by Gasteiger charge is 2.07. The van der Waals surface area contributed by atoms with E-state index in [9.17, 15) is 4.79 Å². The van der Waals surface area contributed by atoms with Crippen molar-refractivity contribution >= 4 is 23.4 Å². The first-order valence-electron chi connectivity index (χ1n) is 6.87. The lowest BCUT2D eigenvalue weighted by Gasteiger charge is -2.06. The molecule has 1 aromatic carbocycles. The number of nitrogens with one attached hydrogen (secondary N) is 1. The summed E-state index contributed by atoms with van der Waals surface area (Å²) in [6.45, 7) is 3.35. The third-order valence-corrected chi connectivity index (χ3v) is 4.09. The van der Waals surface area contributed by atoms with Gasteiger partial charge in [-0.15, -0.1) is 5.10 Å². The number of aromatic amines is 1. The third kappa shape index (κ3) is 4.82. The molecule has 2 rings (SSSR count).